The highest BCUT2D eigenvalue weighted by molar-refractivity contribution is 4.84. The number of allylic oxidation sites excluding steroid dienone is 2. The molecule has 0 atom stereocenters. The molecule has 1 aliphatic rings. The van der Waals surface area contributed by atoms with Crippen LogP contribution in [0, 0.1) is 5.92 Å². The van der Waals surface area contributed by atoms with E-state index in [4.69, 9.17) is 0 Å². The van der Waals surface area contributed by atoms with Gasteiger partial charge in [0.2, 0.25) is 0 Å². The van der Waals surface area contributed by atoms with Crippen LogP contribution >= 0.6 is 0 Å². The van der Waals surface area contributed by atoms with Crippen LogP contribution in [-0.2, 0) is 0 Å². The molecule has 0 aromatic rings. The number of hydrogen-bond acceptors (Lipinski definition) is 0. The van der Waals surface area contributed by atoms with Gasteiger partial charge < -0.3 is 0 Å². The van der Waals surface area contributed by atoms with E-state index in [2.05, 4.69) is 19.1 Å². The van der Waals surface area contributed by atoms with E-state index in [1.807, 2.05) is 0 Å². The number of hydrogen-bond donors (Lipinski definition) is 0. The van der Waals surface area contributed by atoms with Crippen LogP contribution in [0.4, 0.5) is 0 Å². The maximum absolute atomic E-state index is 2.35. The summed E-state index contributed by atoms with van der Waals surface area (Å²) in [6, 6.07) is 0. The SMILES string of the molecule is CCCC=CCCC1CC1. The van der Waals surface area contributed by atoms with Gasteiger partial charge in [0.05, 0.1) is 0 Å². The van der Waals surface area contributed by atoms with Crippen LogP contribution in [0.2, 0.25) is 0 Å². The van der Waals surface area contributed by atoms with Gasteiger partial charge in [-0.1, -0.05) is 38.3 Å². The summed E-state index contributed by atoms with van der Waals surface area (Å²) in [5, 5.41) is 0. The Morgan fingerprint density at radius 2 is 1.90 bits per heavy atom. The Hall–Kier alpha value is -0.260. The number of rotatable bonds is 5. The van der Waals surface area contributed by atoms with Crippen molar-refractivity contribution in [1.29, 1.82) is 0 Å². The van der Waals surface area contributed by atoms with Crippen LogP contribution < -0.4 is 0 Å². The lowest BCUT2D eigenvalue weighted by atomic mass is 10.2. The van der Waals surface area contributed by atoms with Gasteiger partial charge in [-0.25, -0.2) is 0 Å². The van der Waals surface area contributed by atoms with Gasteiger partial charge in [0.15, 0.2) is 0 Å². The highest BCUT2D eigenvalue weighted by atomic mass is 14.2. The molecule has 1 rings (SSSR count). The van der Waals surface area contributed by atoms with Crippen molar-refractivity contribution >= 4 is 0 Å². The highest BCUT2D eigenvalue weighted by Crippen LogP contribution is 2.33. The summed E-state index contributed by atoms with van der Waals surface area (Å²) in [4.78, 5) is 0. The molecule has 0 radical (unpaired) electrons. The van der Waals surface area contributed by atoms with E-state index in [1.54, 1.807) is 0 Å². The lowest BCUT2D eigenvalue weighted by Gasteiger charge is -1.89. The van der Waals surface area contributed by atoms with Crippen molar-refractivity contribution < 1.29 is 0 Å². The molecule has 0 saturated heterocycles. The van der Waals surface area contributed by atoms with Gasteiger partial charge >= 0.3 is 0 Å². The maximum atomic E-state index is 2.35. The Morgan fingerprint density at radius 3 is 2.50 bits per heavy atom. The van der Waals surface area contributed by atoms with E-state index in [0.717, 1.165) is 5.92 Å². The van der Waals surface area contributed by atoms with E-state index in [9.17, 15) is 0 Å². The zero-order chi connectivity index (χ0) is 7.23. The molecule has 0 bridgehead atoms. The first kappa shape index (κ1) is 7.84. The minimum atomic E-state index is 1.10. The third kappa shape index (κ3) is 3.71. The predicted octanol–water partition coefficient (Wildman–Crippen LogP) is 3.53. The summed E-state index contributed by atoms with van der Waals surface area (Å²) in [6.07, 6.45) is 13.0. The predicted molar refractivity (Wildman–Crippen MR) is 46.0 cm³/mol. The molecule has 0 unspecified atom stereocenters. The summed E-state index contributed by atoms with van der Waals surface area (Å²) < 4.78 is 0. The Labute approximate surface area is 64.3 Å². The summed E-state index contributed by atoms with van der Waals surface area (Å²) in [6.45, 7) is 2.23. The van der Waals surface area contributed by atoms with Gasteiger partial charge in [0.1, 0.15) is 0 Å². The van der Waals surface area contributed by atoms with E-state index < -0.39 is 0 Å². The maximum Gasteiger partial charge on any atom is -0.0348 e. The van der Waals surface area contributed by atoms with Gasteiger partial charge in [-0.05, 0) is 25.2 Å². The second-order valence-electron chi connectivity index (χ2n) is 3.28. The smallest absolute Gasteiger partial charge is 0.0348 e. The van der Waals surface area contributed by atoms with Gasteiger partial charge in [-0.3, -0.25) is 0 Å². The molecule has 1 saturated carbocycles. The van der Waals surface area contributed by atoms with Crippen LogP contribution in [0.1, 0.15) is 45.4 Å². The molecule has 0 spiro atoms. The van der Waals surface area contributed by atoms with Crippen LogP contribution in [0.5, 0.6) is 0 Å². The quantitative estimate of drug-likeness (QED) is 0.510. The topological polar surface area (TPSA) is 0 Å². The monoisotopic (exact) mass is 138 g/mol. The first-order valence-corrected chi connectivity index (χ1v) is 4.58. The van der Waals surface area contributed by atoms with Crippen molar-refractivity contribution in [3.05, 3.63) is 12.2 Å². The molecule has 0 amide bonds. The zero-order valence-electron chi connectivity index (χ0n) is 6.97. The largest absolute Gasteiger partial charge is 0.0885 e. The van der Waals surface area contributed by atoms with Gasteiger partial charge in [0, 0.05) is 0 Å². The number of unbranched alkanes of at least 4 members (excludes halogenated alkanes) is 1. The fourth-order valence-electron chi connectivity index (χ4n) is 1.14. The summed E-state index contributed by atoms with van der Waals surface area (Å²) in [7, 11) is 0. The Bertz CT molecular complexity index is 98.6. The molecule has 1 aliphatic carbocycles. The second kappa shape index (κ2) is 4.54. The molecule has 10 heavy (non-hydrogen) atoms. The van der Waals surface area contributed by atoms with E-state index >= 15 is 0 Å². The van der Waals surface area contributed by atoms with Crippen molar-refractivity contribution in [3.63, 3.8) is 0 Å². The molecule has 58 valence electrons. The van der Waals surface area contributed by atoms with Gasteiger partial charge in [0.25, 0.3) is 0 Å². The average molecular weight is 138 g/mol. The zero-order valence-corrected chi connectivity index (χ0v) is 6.97. The summed E-state index contributed by atoms with van der Waals surface area (Å²) >= 11 is 0. The normalized spacial score (nSPS) is 18.5. The van der Waals surface area contributed by atoms with Crippen LogP contribution in [0.15, 0.2) is 12.2 Å². The van der Waals surface area contributed by atoms with E-state index in [0.29, 0.717) is 0 Å². The fraction of sp³-hybridized carbons (Fsp3) is 0.800. The van der Waals surface area contributed by atoms with Crippen LogP contribution in [0.3, 0.4) is 0 Å². The highest BCUT2D eigenvalue weighted by Gasteiger charge is 2.19. The third-order valence-electron chi connectivity index (χ3n) is 2.06. The first-order valence-electron chi connectivity index (χ1n) is 4.58. The Kier molecular flexibility index (Phi) is 3.56. The van der Waals surface area contributed by atoms with E-state index in [-0.39, 0.29) is 0 Å². The van der Waals surface area contributed by atoms with Gasteiger partial charge in [-0.15, -0.1) is 0 Å². The lowest BCUT2D eigenvalue weighted by Crippen LogP contribution is -1.72. The molecule has 0 heteroatoms. The van der Waals surface area contributed by atoms with Crippen LogP contribution in [-0.4, -0.2) is 0 Å². The van der Waals surface area contributed by atoms with Crippen molar-refractivity contribution in [2.45, 2.75) is 45.4 Å². The van der Waals surface area contributed by atoms with Crippen LogP contribution in [0.25, 0.3) is 0 Å². The molecule has 0 nitrogen and oxygen atoms in total. The minimum Gasteiger partial charge on any atom is -0.0885 e. The molecular formula is C10H18. The van der Waals surface area contributed by atoms with E-state index in [1.165, 1.54) is 38.5 Å². The Morgan fingerprint density at radius 1 is 1.20 bits per heavy atom. The Balaban J connectivity index is 1.83. The standard InChI is InChI=1S/C10H18/c1-2-3-4-5-6-7-10-8-9-10/h4-5,10H,2-3,6-9H2,1H3. The molecule has 0 heterocycles. The second-order valence-corrected chi connectivity index (χ2v) is 3.28. The molecule has 0 aliphatic heterocycles. The van der Waals surface area contributed by atoms with Gasteiger partial charge in [-0.2, -0.15) is 0 Å². The first-order chi connectivity index (χ1) is 4.93. The average Bonchev–Trinajstić information content (AvgIpc) is 2.71. The minimum absolute atomic E-state index is 1.10. The molecular weight excluding hydrogens is 120 g/mol. The van der Waals surface area contributed by atoms with Crippen molar-refractivity contribution in [1.82, 2.24) is 0 Å². The van der Waals surface area contributed by atoms with Crippen molar-refractivity contribution in [2.24, 2.45) is 5.92 Å². The van der Waals surface area contributed by atoms with Crippen molar-refractivity contribution in [2.75, 3.05) is 0 Å². The molecule has 0 N–H and O–H groups in total. The third-order valence-corrected chi connectivity index (χ3v) is 2.06. The summed E-state index contributed by atoms with van der Waals surface area (Å²) in [5.74, 6) is 1.10. The summed E-state index contributed by atoms with van der Waals surface area (Å²) in [5.41, 5.74) is 0. The lowest BCUT2D eigenvalue weighted by molar-refractivity contribution is 0.739. The molecule has 0 aromatic carbocycles. The molecule has 1 fully saturated rings. The van der Waals surface area contributed by atoms with Crippen molar-refractivity contribution in [3.8, 4) is 0 Å². The fourth-order valence-corrected chi connectivity index (χ4v) is 1.14. The molecule has 0 aromatic heterocycles.